The topological polar surface area (TPSA) is 83.3 Å². The molecule has 2 heterocycles. The van der Waals surface area contributed by atoms with Gasteiger partial charge in [-0.15, -0.1) is 0 Å². The molecule has 0 atom stereocenters. The van der Waals surface area contributed by atoms with Gasteiger partial charge in [0.1, 0.15) is 17.1 Å². The van der Waals surface area contributed by atoms with Gasteiger partial charge in [0, 0.05) is 11.8 Å². The number of carboxylic acids is 1. The van der Waals surface area contributed by atoms with Crippen LogP contribution in [0.15, 0.2) is 33.6 Å². The van der Waals surface area contributed by atoms with Crippen molar-refractivity contribution in [3.63, 3.8) is 0 Å². The van der Waals surface area contributed by atoms with Crippen LogP contribution in [0.5, 0.6) is 0 Å². The average molecular weight is 219 g/mol. The first-order chi connectivity index (χ1) is 7.59. The van der Waals surface area contributed by atoms with E-state index in [4.69, 9.17) is 9.52 Å². The van der Waals surface area contributed by atoms with Crippen LogP contribution in [0.25, 0.3) is 11.3 Å². The molecule has 16 heavy (non-hydrogen) atoms. The molecule has 0 spiro atoms. The lowest BCUT2D eigenvalue weighted by molar-refractivity contribution is 0.0695. The Hall–Kier alpha value is -2.30. The molecule has 2 aromatic rings. The highest BCUT2D eigenvalue weighted by molar-refractivity contribution is 5.94. The van der Waals surface area contributed by atoms with Crippen LogP contribution in [-0.4, -0.2) is 16.1 Å². The molecular weight excluding hydrogens is 210 g/mol. The molecule has 0 fully saturated rings. The monoisotopic (exact) mass is 219 g/mol. The summed E-state index contributed by atoms with van der Waals surface area (Å²) in [6.07, 6.45) is 1.39. The number of pyridine rings is 1. The highest BCUT2D eigenvalue weighted by Gasteiger charge is 2.17. The number of hydrogen-bond donors (Lipinski definition) is 2. The summed E-state index contributed by atoms with van der Waals surface area (Å²) >= 11 is 0. The van der Waals surface area contributed by atoms with E-state index in [1.165, 1.54) is 12.3 Å². The molecule has 0 saturated heterocycles. The van der Waals surface area contributed by atoms with Gasteiger partial charge in [-0.2, -0.15) is 0 Å². The van der Waals surface area contributed by atoms with Crippen LogP contribution in [-0.2, 0) is 0 Å². The van der Waals surface area contributed by atoms with E-state index >= 15 is 0 Å². The minimum absolute atomic E-state index is 0.282. The van der Waals surface area contributed by atoms with Crippen molar-refractivity contribution in [2.24, 2.45) is 0 Å². The predicted octanol–water partition coefficient (Wildman–Crippen LogP) is 1.64. The number of aromatic carboxylic acids is 1. The molecule has 0 amide bonds. The van der Waals surface area contributed by atoms with Crippen molar-refractivity contribution in [1.29, 1.82) is 0 Å². The molecule has 0 aromatic carbocycles. The number of aromatic amines is 1. The molecule has 2 aromatic heterocycles. The van der Waals surface area contributed by atoms with E-state index in [-0.39, 0.29) is 11.1 Å². The van der Waals surface area contributed by atoms with E-state index in [2.05, 4.69) is 4.98 Å². The van der Waals surface area contributed by atoms with Crippen molar-refractivity contribution in [1.82, 2.24) is 4.98 Å². The van der Waals surface area contributed by atoms with Gasteiger partial charge in [0.25, 0.3) is 5.56 Å². The van der Waals surface area contributed by atoms with Gasteiger partial charge < -0.3 is 14.5 Å². The zero-order valence-corrected chi connectivity index (χ0v) is 8.48. The van der Waals surface area contributed by atoms with Gasteiger partial charge in [0.05, 0.1) is 0 Å². The number of rotatable bonds is 2. The number of hydrogen-bond acceptors (Lipinski definition) is 3. The van der Waals surface area contributed by atoms with E-state index in [1.54, 1.807) is 19.1 Å². The van der Waals surface area contributed by atoms with Crippen LogP contribution < -0.4 is 5.56 Å². The molecule has 2 rings (SSSR count). The normalized spacial score (nSPS) is 10.3. The van der Waals surface area contributed by atoms with Gasteiger partial charge in [-0.1, -0.05) is 0 Å². The number of H-pyrrole nitrogens is 1. The number of aryl methyl sites for hydroxylation is 1. The van der Waals surface area contributed by atoms with Crippen molar-refractivity contribution in [2.45, 2.75) is 6.92 Å². The lowest BCUT2D eigenvalue weighted by Crippen LogP contribution is -2.18. The van der Waals surface area contributed by atoms with Crippen LogP contribution in [0.3, 0.4) is 0 Å². The maximum absolute atomic E-state index is 11.4. The van der Waals surface area contributed by atoms with Crippen molar-refractivity contribution in [3.05, 3.63) is 46.1 Å². The summed E-state index contributed by atoms with van der Waals surface area (Å²) in [5.74, 6) is -0.237. The molecule has 0 aliphatic carbocycles. The largest absolute Gasteiger partial charge is 0.477 e. The van der Waals surface area contributed by atoms with Crippen molar-refractivity contribution in [2.75, 3.05) is 0 Å². The van der Waals surface area contributed by atoms with Gasteiger partial charge >= 0.3 is 5.97 Å². The van der Waals surface area contributed by atoms with Crippen molar-refractivity contribution in [3.8, 4) is 11.3 Å². The third-order valence-electron chi connectivity index (χ3n) is 2.18. The maximum Gasteiger partial charge on any atom is 0.342 e. The third-order valence-corrected chi connectivity index (χ3v) is 2.18. The second-order valence-electron chi connectivity index (χ2n) is 3.31. The Morgan fingerprint density at radius 3 is 2.69 bits per heavy atom. The van der Waals surface area contributed by atoms with Crippen LogP contribution in [0, 0.1) is 6.92 Å². The summed E-state index contributed by atoms with van der Waals surface area (Å²) in [7, 11) is 0. The smallest absolute Gasteiger partial charge is 0.342 e. The third kappa shape index (κ3) is 1.63. The fraction of sp³-hybridized carbons (Fsp3) is 0.0909. The Balaban J connectivity index is 2.70. The summed E-state index contributed by atoms with van der Waals surface area (Å²) in [6.45, 7) is 1.75. The van der Waals surface area contributed by atoms with Gasteiger partial charge in [-0.05, 0) is 25.1 Å². The van der Waals surface area contributed by atoms with Crippen molar-refractivity contribution < 1.29 is 14.3 Å². The van der Waals surface area contributed by atoms with E-state index in [0.29, 0.717) is 11.5 Å². The lowest BCUT2D eigenvalue weighted by atomic mass is 10.1. The van der Waals surface area contributed by atoms with E-state index in [0.717, 1.165) is 0 Å². The van der Waals surface area contributed by atoms with Gasteiger partial charge in [-0.25, -0.2) is 4.79 Å². The van der Waals surface area contributed by atoms with E-state index < -0.39 is 11.5 Å². The Morgan fingerprint density at radius 2 is 2.12 bits per heavy atom. The molecule has 0 bridgehead atoms. The first kappa shape index (κ1) is 10.2. The summed E-state index contributed by atoms with van der Waals surface area (Å²) in [4.78, 5) is 24.7. The number of carbonyl (C=O) groups is 1. The summed E-state index contributed by atoms with van der Waals surface area (Å²) in [5.41, 5.74) is -0.666. The lowest BCUT2D eigenvalue weighted by Gasteiger charge is -2.00. The number of nitrogens with one attached hydrogen (secondary N) is 1. The number of carboxylic acid groups (broad SMARTS) is 1. The highest BCUT2D eigenvalue weighted by atomic mass is 16.4. The highest BCUT2D eigenvalue weighted by Crippen LogP contribution is 2.23. The molecule has 5 nitrogen and oxygen atoms in total. The predicted molar refractivity (Wildman–Crippen MR) is 56.5 cm³/mol. The Labute approximate surface area is 90.3 Å². The fourth-order valence-corrected chi connectivity index (χ4v) is 1.48. The molecule has 5 heteroatoms. The molecule has 82 valence electrons. The molecule has 0 aliphatic rings. The van der Waals surface area contributed by atoms with Gasteiger partial charge in [-0.3, -0.25) is 4.79 Å². The van der Waals surface area contributed by atoms with Crippen LogP contribution in [0.1, 0.15) is 16.1 Å². The quantitative estimate of drug-likeness (QED) is 0.804. The Bertz CT molecular complexity index is 594. The minimum Gasteiger partial charge on any atom is -0.477 e. The van der Waals surface area contributed by atoms with Crippen molar-refractivity contribution >= 4 is 5.97 Å². The van der Waals surface area contributed by atoms with Gasteiger partial charge in [0.15, 0.2) is 0 Å². The number of aromatic nitrogens is 1. The van der Waals surface area contributed by atoms with E-state index in [9.17, 15) is 9.59 Å². The molecule has 2 N–H and O–H groups in total. The zero-order valence-electron chi connectivity index (χ0n) is 8.48. The number of furan rings is 1. The van der Waals surface area contributed by atoms with E-state index in [1.807, 2.05) is 0 Å². The second-order valence-corrected chi connectivity index (χ2v) is 3.31. The molecule has 0 unspecified atom stereocenters. The average Bonchev–Trinajstić information content (AvgIpc) is 2.63. The molecule has 0 aliphatic heterocycles. The minimum atomic E-state index is -1.27. The molecular formula is C11H9NO4. The summed E-state index contributed by atoms with van der Waals surface area (Å²) < 4.78 is 5.30. The molecule has 0 saturated carbocycles. The first-order valence-electron chi connectivity index (χ1n) is 4.61. The summed E-state index contributed by atoms with van der Waals surface area (Å²) in [5, 5.41) is 8.95. The Morgan fingerprint density at radius 1 is 1.38 bits per heavy atom. The summed E-state index contributed by atoms with van der Waals surface area (Å²) in [6, 6.07) is 4.85. The van der Waals surface area contributed by atoms with Crippen LogP contribution in [0.4, 0.5) is 0 Å². The SMILES string of the molecule is Cc1ccc(-c2cc[nH]c(=O)c2C(=O)O)o1. The van der Waals surface area contributed by atoms with Crippen LogP contribution >= 0.6 is 0 Å². The standard InChI is InChI=1S/C11H9NO4/c1-6-2-3-8(16-6)7-4-5-12-10(13)9(7)11(14)15/h2-5H,1H3,(H,12,13)(H,14,15). The van der Waals surface area contributed by atoms with Crippen LogP contribution in [0.2, 0.25) is 0 Å². The first-order valence-corrected chi connectivity index (χ1v) is 4.61. The second kappa shape index (κ2) is 3.69. The zero-order chi connectivity index (χ0) is 11.7. The van der Waals surface area contributed by atoms with Gasteiger partial charge in [0.2, 0.25) is 0 Å². The maximum atomic E-state index is 11.4. The molecule has 0 radical (unpaired) electrons. The Kier molecular flexibility index (Phi) is 2.36. The fourth-order valence-electron chi connectivity index (χ4n) is 1.48.